The van der Waals surface area contributed by atoms with E-state index in [1.54, 1.807) is 11.3 Å². The van der Waals surface area contributed by atoms with E-state index in [9.17, 15) is 8.42 Å². The van der Waals surface area contributed by atoms with E-state index in [4.69, 9.17) is 14.8 Å². The lowest BCUT2D eigenvalue weighted by Crippen LogP contribution is -2.17. The van der Waals surface area contributed by atoms with Crippen LogP contribution in [0.5, 0.6) is 0 Å². The molecule has 130 valence electrons. The maximum absolute atomic E-state index is 11.9. The van der Waals surface area contributed by atoms with Gasteiger partial charge in [-0.3, -0.25) is 0 Å². The summed E-state index contributed by atoms with van der Waals surface area (Å²) in [5.74, 6) is 2.13. The standard InChI is InChI=1S/C15H20N4O3S2/c1-10-16-13(8-23-10)15-17-14(11-2-5-22-6-3-11)18-19(15)12-4-7-24(20,21)9-12/h8,11-12H,2-7,9H2,1H3/t12-/m1/s1. The summed E-state index contributed by atoms with van der Waals surface area (Å²) in [5.41, 5.74) is 0.785. The van der Waals surface area contributed by atoms with Crippen molar-refractivity contribution in [1.82, 2.24) is 19.7 Å². The second-order valence-electron chi connectivity index (χ2n) is 6.43. The largest absolute Gasteiger partial charge is 0.381 e. The third-order valence-electron chi connectivity index (χ3n) is 4.64. The van der Waals surface area contributed by atoms with Gasteiger partial charge in [0, 0.05) is 24.5 Å². The minimum absolute atomic E-state index is 0.139. The monoisotopic (exact) mass is 368 g/mol. The Morgan fingerprint density at radius 3 is 2.67 bits per heavy atom. The van der Waals surface area contributed by atoms with Gasteiger partial charge >= 0.3 is 0 Å². The van der Waals surface area contributed by atoms with Crippen LogP contribution in [0.3, 0.4) is 0 Å². The third kappa shape index (κ3) is 3.12. The fourth-order valence-corrected chi connectivity index (χ4v) is 5.62. The van der Waals surface area contributed by atoms with E-state index < -0.39 is 9.84 Å². The van der Waals surface area contributed by atoms with Crippen molar-refractivity contribution in [2.45, 2.75) is 38.1 Å². The predicted octanol–water partition coefficient (Wildman–Crippen LogP) is 1.96. The van der Waals surface area contributed by atoms with E-state index in [0.717, 1.165) is 42.6 Å². The van der Waals surface area contributed by atoms with Gasteiger partial charge in [-0.1, -0.05) is 0 Å². The average Bonchev–Trinajstić information content (AvgIpc) is 3.26. The number of hydrogen-bond donors (Lipinski definition) is 0. The topological polar surface area (TPSA) is 87.0 Å². The molecule has 1 atom stereocenters. The molecule has 2 aliphatic rings. The summed E-state index contributed by atoms with van der Waals surface area (Å²) < 4.78 is 31.0. The molecule has 0 unspecified atom stereocenters. The SMILES string of the molecule is Cc1nc(-c2nc(C3CCOCC3)nn2[C@@H]2CCS(=O)(=O)C2)cs1. The van der Waals surface area contributed by atoms with Crippen LogP contribution < -0.4 is 0 Å². The Balaban J connectivity index is 1.73. The third-order valence-corrected chi connectivity index (χ3v) is 7.16. The van der Waals surface area contributed by atoms with Crippen molar-refractivity contribution in [3.05, 3.63) is 16.2 Å². The number of rotatable bonds is 3. The molecule has 4 heterocycles. The first kappa shape index (κ1) is 16.2. The molecular weight excluding hydrogens is 348 g/mol. The lowest BCUT2D eigenvalue weighted by molar-refractivity contribution is 0.0835. The molecule has 2 fully saturated rings. The van der Waals surface area contributed by atoms with Gasteiger partial charge in [-0.15, -0.1) is 11.3 Å². The van der Waals surface area contributed by atoms with E-state index in [-0.39, 0.29) is 23.5 Å². The maximum Gasteiger partial charge on any atom is 0.178 e. The number of thiazole rings is 1. The highest BCUT2D eigenvalue weighted by Crippen LogP contribution is 2.32. The Hall–Kier alpha value is -1.32. The molecule has 7 nitrogen and oxygen atoms in total. The van der Waals surface area contributed by atoms with E-state index in [1.165, 1.54) is 0 Å². The van der Waals surface area contributed by atoms with Crippen molar-refractivity contribution in [3.8, 4) is 11.5 Å². The summed E-state index contributed by atoms with van der Waals surface area (Å²) >= 11 is 1.56. The van der Waals surface area contributed by atoms with Gasteiger partial charge in [-0.25, -0.2) is 23.1 Å². The summed E-state index contributed by atoms with van der Waals surface area (Å²) in [6, 6.07) is -0.145. The zero-order valence-electron chi connectivity index (χ0n) is 13.5. The molecule has 4 rings (SSSR count). The van der Waals surface area contributed by atoms with Gasteiger partial charge in [0.2, 0.25) is 0 Å². The molecule has 9 heteroatoms. The lowest BCUT2D eigenvalue weighted by Gasteiger charge is -2.19. The molecule has 0 aromatic carbocycles. The quantitative estimate of drug-likeness (QED) is 0.823. The fraction of sp³-hybridized carbons (Fsp3) is 0.667. The van der Waals surface area contributed by atoms with Crippen molar-refractivity contribution in [1.29, 1.82) is 0 Å². The first-order chi connectivity index (χ1) is 11.5. The molecule has 0 aliphatic carbocycles. The van der Waals surface area contributed by atoms with Crippen LogP contribution >= 0.6 is 11.3 Å². The maximum atomic E-state index is 11.9. The number of aromatic nitrogens is 4. The lowest BCUT2D eigenvalue weighted by atomic mass is 10.00. The first-order valence-corrected chi connectivity index (χ1v) is 10.9. The van der Waals surface area contributed by atoms with Gasteiger partial charge < -0.3 is 4.74 Å². The molecule has 0 spiro atoms. The van der Waals surface area contributed by atoms with Crippen LogP contribution in [-0.2, 0) is 14.6 Å². The predicted molar refractivity (Wildman–Crippen MR) is 91.0 cm³/mol. The first-order valence-electron chi connectivity index (χ1n) is 8.19. The van der Waals surface area contributed by atoms with Crippen LogP contribution in [0.4, 0.5) is 0 Å². The highest BCUT2D eigenvalue weighted by molar-refractivity contribution is 7.91. The molecule has 0 N–H and O–H groups in total. The number of hydrogen-bond acceptors (Lipinski definition) is 7. The zero-order valence-corrected chi connectivity index (χ0v) is 15.1. The summed E-state index contributed by atoms with van der Waals surface area (Å²) in [4.78, 5) is 9.28. The van der Waals surface area contributed by atoms with E-state index in [2.05, 4.69) is 4.98 Å². The van der Waals surface area contributed by atoms with Gasteiger partial charge in [0.05, 0.1) is 22.6 Å². The number of aryl methyl sites for hydroxylation is 1. The van der Waals surface area contributed by atoms with Crippen LogP contribution in [0.15, 0.2) is 5.38 Å². The van der Waals surface area contributed by atoms with E-state index >= 15 is 0 Å². The van der Waals surface area contributed by atoms with Crippen LogP contribution in [0.25, 0.3) is 11.5 Å². The van der Waals surface area contributed by atoms with Crippen molar-refractivity contribution in [2.24, 2.45) is 0 Å². The normalized spacial score (nSPS) is 24.5. The molecule has 2 saturated heterocycles. The highest BCUT2D eigenvalue weighted by atomic mass is 32.2. The molecule has 0 amide bonds. The van der Waals surface area contributed by atoms with Crippen molar-refractivity contribution >= 4 is 21.2 Å². The highest BCUT2D eigenvalue weighted by Gasteiger charge is 2.33. The molecule has 24 heavy (non-hydrogen) atoms. The van der Waals surface area contributed by atoms with Crippen LogP contribution in [0.2, 0.25) is 0 Å². The van der Waals surface area contributed by atoms with E-state index in [0.29, 0.717) is 12.2 Å². The molecule has 0 radical (unpaired) electrons. The summed E-state index contributed by atoms with van der Waals surface area (Å²) in [7, 11) is -2.98. The smallest absolute Gasteiger partial charge is 0.178 e. The molecule has 0 bridgehead atoms. The molecule has 0 saturated carbocycles. The van der Waals surface area contributed by atoms with E-state index in [1.807, 2.05) is 17.0 Å². The molecule has 2 aromatic rings. The molecule has 2 aromatic heterocycles. The van der Waals surface area contributed by atoms with Crippen LogP contribution in [-0.4, -0.2) is 52.9 Å². The number of sulfone groups is 1. The van der Waals surface area contributed by atoms with Crippen molar-refractivity contribution < 1.29 is 13.2 Å². The second-order valence-corrected chi connectivity index (χ2v) is 9.72. The van der Waals surface area contributed by atoms with Crippen LogP contribution in [0, 0.1) is 6.92 Å². The fourth-order valence-electron chi connectivity index (χ4n) is 3.33. The minimum Gasteiger partial charge on any atom is -0.381 e. The Kier molecular flexibility index (Phi) is 4.17. The number of ether oxygens (including phenoxy) is 1. The van der Waals surface area contributed by atoms with Gasteiger partial charge in [0.15, 0.2) is 21.5 Å². The Morgan fingerprint density at radius 1 is 1.25 bits per heavy atom. The van der Waals surface area contributed by atoms with Crippen molar-refractivity contribution in [2.75, 3.05) is 24.7 Å². The summed E-state index contributed by atoms with van der Waals surface area (Å²) in [5, 5.41) is 7.65. The summed E-state index contributed by atoms with van der Waals surface area (Å²) in [6.45, 7) is 3.40. The Labute approximate surface area is 145 Å². The molecular formula is C15H20N4O3S2. The zero-order chi connectivity index (χ0) is 16.7. The van der Waals surface area contributed by atoms with Crippen molar-refractivity contribution in [3.63, 3.8) is 0 Å². The van der Waals surface area contributed by atoms with Crippen LogP contribution in [0.1, 0.15) is 42.1 Å². The van der Waals surface area contributed by atoms with Gasteiger partial charge in [0.25, 0.3) is 0 Å². The Bertz CT molecular complexity index is 837. The molecule has 2 aliphatic heterocycles. The second kappa shape index (κ2) is 6.20. The average molecular weight is 368 g/mol. The minimum atomic E-state index is -2.98. The van der Waals surface area contributed by atoms with Gasteiger partial charge in [0.1, 0.15) is 5.69 Å². The summed E-state index contributed by atoms with van der Waals surface area (Å²) in [6.07, 6.45) is 2.40. The number of nitrogens with zero attached hydrogens (tertiary/aromatic N) is 4. The Morgan fingerprint density at radius 2 is 2.04 bits per heavy atom. The van der Waals surface area contributed by atoms with Gasteiger partial charge in [-0.2, -0.15) is 5.10 Å². The van der Waals surface area contributed by atoms with Gasteiger partial charge in [-0.05, 0) is 26.2 Å².